The molecule has 1 aliphatic heterocycles. The number of hydrogen-bond acceptors (Lipinski definition) is 4. The molecule has 0 radical (unpaired) electrons. The maximum Gasteiger partial charge on any atom is 0.222 e. The molecule has 1 aromatic heterocycles. The lowest BCUT2D eigenvalue weighted by Crippen LogP contribution is -2.04. The molecule has 17 heavy (non-hydrogen) atoms. The highest BCUT2D eigenvalue weighted by atomic mass is 79.9. The first-order valence-electron chi connectivity index (χ1n) is 5.39. The van der Waals surface area contributed by atoms with Gasteiger partial charge in [0, 0.05) is 18.7 Å². The molecule has 5 heteroatoms. The van der Waals surface area contributed by atoms with Crippen molar-refractivity contribution in [1.29, 1.82) is 0 Å². The van der Waals surface area contributed by atoms with Crippen LogP contribution in [0, 0.1) is 0 Å². The lowest BCUT2D eigenvalue weighted by atomic mass is 10.1. The van der Waals surface area contributed by atoms with Crippen LogP contribution in [0.5, 0.6) is 0 Å². The minimum atomic E-state index is 0.314. The summed E-state index contributed by atoms with van der Waals surface area (Å²) in [5, 5.41) is 0. The third-order valence-corrected chi connectivity index (χ3v) is 3.38. The van der Waals surface area contributed by atoms with E-state index in [1.165, 1.54) is 0 Å². The number of nitrogens with zero attached hydrogens (tertiary/aromatic N) is 3. The molecule has 3 rings (SSSR count). The molecule has 0 bridgehead atoms. The van der Waals surface area contributed by atoms with Gasteiger partial charge in [-0.1, -0.05) is 30.3 Å². The summed E-state index contributed by atoms with van der Waals surface area (Å²) in [6.07, 6.45) is 0. The number of nitrogens with two attached hydrogens (primary N) is 1. The summed E-state index contributed by atoms with van der Waals surface area (Å²) >= 11 is 3.57. The molecular weight excluding hydrogens is 280 g/mol. The van der Waals surface area contributed by atoms with Gasteiger partial charge in [0.2, 0.25) is 5.95 Å². The van der Waals surface area contributed by atoms with Crippen LogP contribution in [-0.4, -0.2) is 23.1 Å². The van der Waals surface area contributed by atoms with E-state index < -0.39 is 0 Å². The van der Waals surface area contributed by atoms with Gasteiger partial charge >= 0.3 is 0 Å². The van der Waals surface area contributed by atoms with Crippen LogP contribution in [0.25, 0.3) is 11.3 Å². The van der Waals surface area contributed by atoms with Gasteiger partial charge in [-0.25, -0.2) is 4.98 Å². The summed E-state index contributed by atoms with van der Waals surface area (Å²) in [5.41, 5.74) is 7.65. The molecule has 0 aliphatic carbocycles. The fourth-order valence-corrected chi connectivity index (χ4v) is 2.37. The summed E-state index contributed by atoms with van der Waals surface area (Å²) in [7, 11) is 0. The molecule has 0 spiro atoms. The molecule has 0 saturated carbocycles. The first kappa shape index (κ1) is 10.5. The Balaban J connectivity index is 2.16. The van der Waals surface area contributed by atoms with Crippen molar-refractivity contribution in [3.63, 3.8) is 0 Å². The number of halogens is 1. The standard InChI is InChI=1S/C12H11BrN4/c13-9-10(8-4-2-1-3-5-8)15-12(14)16-11(9)17-6-7-17/h1-5H,6-7H2,(H2,14,15,16). The van der Waals surface area contributed by atoms with E-state index in [4.69, 9.17) is 5.73 Å². The van der Waals surface area contributed by atoms with E-state index in [1.54, 1.807) is 0 Å². The summed E-state index contributed by atoms with van der Waals surface area (Å²) in [6.45, 7) is 2.06. The number of hydrogen-bond donors (Lipinski definition) is 1. The molecule has 86 valence electrons. The number of nitrogen functional groups attached to an aromatic ring is 1. The predicted octanol–water partition coefficient (Wildman–Crippen LogP) is 2.31. The van der Waals surface area contributed by atoms with Gasteiger partial charge in [0.05, 0.1) is 10.2 Å². The van der Waals surface area contributed by atoms with Gasteiger partial charge in [-0.3, -0.25) is 0 Å². The molecule has 0 atom stereocenters. The largest absolute Gasteiger partial charge is 0.368 e. The Hall–Kier alpha value is -1.62. The normalized spacial score (nSPS) is 13.8. The minimum absolute atomic E-state index is 0.314. The smallest absolute Gasteiger partial charge is 0.222 e. The number of anilines is 2. The van der Waals surface area contributed by atoms with Gasteiger partial charge in [0.15, 0.2) is 0 Å². The highest BCUT2D eigenvalue weighted by molar-refractivity contribution is 9.10. The SMILES string of the molecule is Nc1nc(-c2ccccc2)c(Br)c(N2CC2)n1. The van der Waals surface area contributed by atoms with E-state index in [0.29, 0.717) is 5.95 Å². The van der Waals surface area contributed by atoms with E-state index in [2.05, 4.69) is 30.8 Å². The molecular formula is C12H11BrN4. The van der Waals surface area contributed by atoms with Crippen molar-refractivity contribution in [2.45, 2.75) is 0 Å². The summed E-state index contributed by atoms with van der Waals surface area (Å²) in [5.74, 6) is 1.20. The Kier molecular flexibility index (Phi) is 2.48. The fraction of sp³-hybridized carbons (Fsp3) is 0.167. The molecule has 1 aliphatic rings. The van der Waals surface area contributed by atoms with Gasteiger partial charge in [-0.05, 0) is 15.9 Å². The van der Waals surface area contributed by atoms with Crippen molar-refractivity contribution in [1.82, 2.24) is 9.97 Å². The Labute approximate surface area is 108 Å². The average Bonchev–Trinajstić information content (AvgIpc) is 3.17. The molecule has 1 saturated heterocycles. The Morgan fingerprint density at radius 3 is 2.47 bits per heavy atom. The van der Waals surface area contributed by atoms with E-state index >= 15 is 0 Å². The number of benzene rings is 1. The van der Waals surface area contributed by atoms with E-state index in [9.17, 15) is 0 Å². The molecule has 2 N–H and O–H groups in total. The van der Waals surface area contributed by atoms with Crippen LogP contribution in [0.4, 0.5) is 11.8 Å². The lowest BCUT2D eigenvalue weighted by Gasteiger charge is -2.10. The van der Waals surface area contributed by atoms with Crippen LogP contribution < -0.4 is 10.6 Å². The maximum absolute atomic E-state index is 5.76. The van der Waals surface area contributed by atoms with Gasteiger partial charge < -0.3 is 10.6 Å². The van der Waals surface area contributed by atoms with Crippen LogP contribution in [0.15, 0.2) is 34.8 Å². The zero-order valence-electron chi connectivity index (χ0n) is 9.10. The molecule has 2 aromatic rings. The molecule has 1 aromatic carbocycles. The van der Waals surface area contributed by atoms with Crippen molar-refractivity contribution < 1.29 is 0 Å². The molecule has 4 nitrogen and oxygen atoms in total. The van der Waals surface area contributed by atoms with Crippen LogP contribution in [-0.2, 0) is 0 Å². The van der Waals surface area contributed by atoms with Crippen molar-refractivity contribution in [2.24, 2.45) is 0 Å². The van der Waals surface area contributed by atoms with Gasteiger partial charge in [0.1, 0.15) is 5.82 Å². The first-order chi connectivity index (χ1) is 8.25. The van der Waals surface area contributed by atoms with Crippen molar-refractivity contribution in [3.8, 4) is 11.3 Å². The van der Waals surface area contributed by atoms with Gasteiger partial charge in [-0.15, -0.1) is 0 Å². The molecule has 2 heterocycles. The van der Waals surface area contributed by atoms with Crippen molar-refractivity contribution >= 4 is 27.7 Å². The Morgan fingerprint density at radius 2 is 1.82 bits per heavy atom. The maximum atomic E-state index is 5.76. The monoisotopic (exact) mass is 290 g/mol. The van der Waals surface area contributed by atoms with Crippen LogP contribution in [0.1, 0.15) is 0 Å². The van der Waals surface area contributed by atoms with E-state index in [-0.39, 0.29) is 0 Å². The molecule has 0 amide bonds. The Morgan fingerprint density at radius 1 is 1.12 bits per heavy atom. The quantitative estimate of drug-likeness (QED) is 0.863. The second-order valence-corrected chi connectivity index (χ2v) is 4.71. The zero-order valence-corrected chi connectivity index (χ0v) is 10.7. The van der Waals surface area contributed by atoms with Gasteiger partial charge in [0.25, 0.3) is 0 Å². The molecule has 1 fully saturated rings. The van der Waals surface area contributed by atoms with Crippen LogP contribution in [0.2, 0.25) is 0 Å². The summed E-state index contributed by atoms with van der Waals surface area (Å²) in [6, 6.07) is 9.97. The van der Waals surface area contributed by atoms with Crippen molar-refractivity contribution in [2.75, 3.05) is 23.7 Å². The van der Waals surface area contributed by atoms with Crippen LogP contribution >= 0.6 is 15.9 Å². The molecule has 0 unspecified atom stereocenters. The van der Waals surface area contributed by atoms with E-state index in [1.807, 2.05) is 30.3 Å². The first-order valence-corrected chi connectivity index (χ1v) is 6.18. The van der Waals surface area contributed by atoms with E-state index in [0.717, 1.165) is 34.6 Å². The fourth-order valence-electron chi connectivity index (χ4n) is 1.71. The highest BCUT2D eigenvalue weighted by Crippen LogP contribution is 2.36. The topological polar surface area (TPSA) is 54.8 Å². The van der Waals surface area contributed by atoms with Crippen molar-refractivity contribution in [3.05, 3.63) is 34.8 Å². The average molecular weight is 291 g/mol. The van der Waals surface area contributed by atoms with Gasteiger partial charge in [-0.2, -0.15) is 4.98 Å². The number of rotatable bonds is 2. The third kappa shape index (κ3) is 1.98. The summed E-state index contributed by atoms with van der Waals surface area (Å²) < 4.78 is 0.912. The highest BCUT2D eigenvalue weighted by Gasteiger charge is 2.25. The second-order valence-electron chi connectivity index (χ2n) is 3.92. The summed E-state index contributed by atoms with van der Waals surface area (Å²) in [4.78, 5) is 10.7. The predicted molar refractivity (Wildman–Crippen MR) is 71.8 cm³/mol. The number of aromatic nitrogens is 2. The zero-order chi connectivity index (χ0) is 11.8. The lowest BCUT2D eigenvalue weighted by molar-refractivity contribution is 1.14. The third-order valence-electron chi connectivity index (χ3n) is 2.65. The second kappa shape index (κ2) is 4.00. The van der Waals surface area contributed by atoms with Crippen LogP contribution in [0.3, 0.4) is 0 Å². The Bertz CT molecular complexity index is 552. The minimum Gasteiger partial charge on any atom is -0.368 e.